The van der Waals surface area contributed by atoms with Crippen molar-refractivity contribution < 1.29 is 9.53 Å². The van der Waals surface area contributed by atoms with Gasteiger partial charge in [0.05, 0.1) is 13.0 Å². The summed E-state index contributed by atoms with van der Waals surface area (Å²) in [6.45, 7) is 6.69. The number of nitrogens with zero attached hydrogens (tertiary/aromatic N) is 1. The highest BCUT2D eigenvalue weighted by atomic mass is 35.5. The van der Waals surface area contributed by atoms with E-state index in [0.29, 0.717) is 31.2 Å². The molecule has 0 saturated carbocycles. The zero-order valence-corrected chi connectivity index (χ0v) is 16.6. The van der Waals surface area contributed by atoms with Gasteiger partial charge in [0, 0.05) is 25.2 Å². The molecule has 0 radical (unpaired) electrons. The van der Waals surface area contributed by atoms with E-state index in [4.69, 9.17) is 4.74 Å². The van der Waals surface area contributed by atoms with Gasteiger partial charge in [-0.1, -0.05) is 6.07 Å². The SMILES string of the molecule is Cc1cc(C)c(C)c(OCCC(=O)N(C)C2CC3CCC(C2)N3)c1.Cl. The Morgan fingerprint density at radius 2 is 1.84 bits per heavy atom. The van der Waals surface area contributed by atoms with E-state index in [9.17, 15) is 4.79 Å². The molecular formula is C20H31ClN2O2. The van der Waals surface area contributed by atoms with Crippen molar-refractivity contribution >= 4 is 18.3 Å². The summed E-state index contributed by atoms with van der Waals surface area (Å²) < 4.78 is 5.90. The number of carbonyl (C=O) groups excluding carboxylic acids is 1. The molecule has 5 heteroatoms. The van der Waals surface area contributed by atoms with Crippen molar-refractivity contribution in [1.29, 1.82) is 0 Å². The fourth-order valence-electron chi connectivity index (χ4n) is 4.12. The molecule has 2 heterocycles. The molecule has 140 valence electrons. The first-order valence-electron chi connectivity index (χ1n) is 9.16. The van der Waals surface area contributed by atoms with Crippen LogP contribution < -0.4 is 10.1 Å². The van der Waals surface area contributed by atoms with E-state index in [1.54, 1.807) is 0 Å². The second-order valence-electron chi connectivity index (χ2n) is 7.57. The summed E-state index contributed by atoms with van der Waals surface area (Å²) in [6.07, 6.45) is 5.16. The number of rotatable bonds is 5. The molecule has 1 amide bonds. The van der Waals surface area contributed by atoms with Crippen LogP contribution in [-0.4, -0.2) is 42.6 Å². The number of halogens is 1. The summed E-state index contributed by atoms with van der Waals surface area (Å²) in [5, 5.41) is 3.63. The Balaban J connectivity index is 0.00000225. The van der Waals surface area contributed by atoms with E-state index in [2.05, 4.69) is 38.2 Å². The number of fused-ring (bicyclic) bond motifs is 2. The van der Waals surface area contributed by atoms with Crippen LogP contribution >= 0.6 is 12.4 Å². The van der Waals surface area contributed by atoms with Crippen LogP contribution in [0.3, 0.4) is 0 Å². The van der Waals surface area contributed by atoms with Gasteiger partial charge < -0.3 is 15.0 Å². The fourth-order valence-corrected chi connectivity index (χ4v) is 4.12. The van der Waals surface area contributed by atoms with Gasteiger partial charge >= 0.3 is 0 Å². The highest BCUT2D eigenvalue weighted by molar-refractivity contribution is 5.85. The summed E-state index contributed by atoms with van der Waals surface area (Å²) in [5.74, 6) is 1.10. The average molecular weight is 367 g/mol. The number of benzene rings is 1. The Morgan fingerprint density at radius 1 is 1.20 bits per heavy atom. The molecule has 2 unspecified atom stereocenters. The summed E-state index contributed by atoms with van der Waals surface area (Å²) >= 11 is 0. The number of carbonyl (C=O) groups is 1. The Morgan fingerprint density at radius 3 is 2.48 bits per heavy atom. The average Bonchev–Trinajstić information content (AvgIpc) is 2.89. The maximum atomic E-state index is 12.5. The van der Waals surface area contributed by atoms with Crippen LogP contribution in [-0.2, 0) is 4.79 Å². The van der Waals surface area contributed by atoms with Crippen LogP contribution in [0.25, 0.3) is 0 Å². The maximum Gasteiger partial charge on any atom is 0.225 e. The zero-order valence-electron chi connectivity index (χ0n) is 15.8. The second-order valence-corrected chi connectivity index (χ2v) is 7.57. The lowest BCUT2D eigenvalue weighted by molar-refractivity contribution is -0.133. The van der Waals surface area contributed by atoms with Gasteiger partial charge in [0.25, 0.3) is 0 Å². The minimum absolute atomic E-state index is 0. The molecule has 1 aromatic carbocycles. The van der Waals surface area contributed by atoms with Gasteiger partial charge in [-0.25, -0.2) is 0 Å². The number of amides is 1. The normalized spacial score (nSPS) is 24.6. The van der Waals surface area contributed by atoms with Crippen molar-refractivity contribution in [2.24, 2.45) is 0 Å². The van der Waals surface area contributed by atoms with Gasteiger partial charge in [-0.3, -0.25) is 4.79 Å². The molecule has 0 aliphatic carbocycles. The number of ether oxygens (including phenoxy) is 1. The third-order valence-corrected chi connectivity index (χ3v) is 5.73. The molecule has 2 aliphatic rings. The summed E-state index contributed by atoms with van der Waals surface area (Å²) in [6, 6.07) is 5.82. The third-order valence-electron chi connectivity index (χ3n) is 5.73. The number of hydrogen-bond donors (Lipinski definition) is 1. The van der Waals surface area contributed by atoms with E-state index >= 15 is 0 Å². The molecule has 2 atom stereocenters. The lowest BCUT2D eigenvalue weighted by Gasteiger charge is -2.35. The monoisotopic (exact) mass is 366 g/mol. The number of aryl methyl sites for hydroxylation is 2. The second kappa shape index (κ2) is 8.41. The quantitative estimate of drug-likeness (QED) is 0.866. The highest BCUT2D eigenvalue weighted by Gasteiger charge is 2.36. The molecule has 0 aromatic heterocycles. The van der Waals surface area contributed by atoms with Crippen molar-refractivity contribution in [3.05, 3.63) is 28.8 Å². The van der Waals surface area contributed by atoms with Crippen molar-refractivity contribution in [1.82, 2.24) is 10.2 Å². The zero-order chi connectivity index (χ0) is 17.3. The third kappa shape index (κ3) is 4.68. The Kier molecular flexibility index (Phi) is 6.75. The minimum Gasteiger partial charge on any atom is -0.493 e. The first kappa shape index (κ1) is 20.1. The van der Waals surface area contributed by atoms with E-state index in [0.717, 1.165) is 24.2 Å². The molecular weight excluding hydrogens is 336 g/mol. The summed E-state index contributed by atoms with van der Waals surface area (Å²) in [5.41, 5.74) is 3.59. The first-order valence-corrected chi connectivity index (χ1v) is 9.16. The Bertz CT molecular complexity index is 608. The molecule has 3 rings (SSSR count). The van der Waals surface area contributed by atoms with E-state index in [1.165, 1.54) is 24.0 Å². The van der Waals surface area contributed by atoms with Crippen LogP contribution in [0, 0.1) is 20.8 Å². The van der Waals surface area contributed by atoms with E-state index < -0.39 is 0 Å². The Labute approximate surface area is 157 Å². The molecule has 2 bridgehead atoms. The topological polar surface area (TPSA) is 41.6 Å². The lowest BCUT2D eigenvalue weighted by Crippen LogP contribution is -2.48. The van der Waals surface area contributed by atoms with Gasteiger partial charge in [-0.2, -0.15) is 0 Å². The molecule has 1 N–H and O–H groups in total. The predicted molar refractivity (Wildman–Crippen MR) is 104 cm³/mol. The Hall–Kier alpha value is -1.26. The van der Waals surface area contributed by atoms with Crippen molar-refractivity contribution in [2.45, 2.75) is 71.0 Å². The first-order chi connectivity index (χ1) is 11.4. The maximum absolute atomic E-state index is 12.5. The predicted octanol–water partition coefficient (Wildman–Crippen LogP) is 3.54. The van der Waals surface area contributed by atoms with Crippen molar-refractivity contribution in [2.75, 3.05) is 13.7 Å². The van der Waals surface area contributed by atoms with Crippen molar-refractivity contribution in [3.8, 4) is 5.75 Å². The smallest absolute Gasteiger partial charge is 0.225 e. The standard InChI is InChI=1S/C20H30N2O2.ClH/c1-13-9-14(2)15(3)19(10-13)24-8-7-20(23)22(4)18-11-16-5-6-17(12-18)21-16;/h9-10,16-18,21H,5-8,11-12H2,1-4H3;1H. The molecule has 2 saturated heterocycles. The molecule has 4 nitrogen and oxygen atoms in total. The van der Waals surface area contributed by atoms with Crippen LogP contribution in [0.4, 0.5) is 0 Å². The lowest BCUT2D eigenvalue weighted by atomic mass is 9.98. The number of piperidine rings is 1. The highest BCUT2D eigenvalue weighted by Crippen LogP contribution is 2.29. The van der Waals surface area contributed by atoms with Gasteiger partial charge in [0.2, 0.25) is 5.91 Å². The summed E-state index contributed by atoms with van der Waals surface area (Å²) in [7, 11) is 1.96. The summed E-state index contributed by atoms with van der Waals surface area (Å²) in [4.78, 5) is 14.5. The van der Waals surface area contributed by atoms with E-state index in [1.807, 2.05) is 11.9 Å². The van der Waals surface area contributed by atoms with Gasteiger partial charge in [-0.05, 0) is 69.2 Å². The fraction of sp³-hybridized carbons (Fsp3) is 0.650. The van der Waals surface area contributed by atoms with Crippen LogP contribution in [0.5, 0.6) is 5.75 Å². The van der Waals surface area contributed by atoms with Crippen molar-refractivity contribution in [3.63, 3.8) is 0 Å². The van der Waals surface area contributed by atoms with E-state index in [-0.39, 0.29) is 18.3 Å². The molecule has 2 aliphatic heterocycles. The number of hydrogen-bond acceptors (Lipinski definition) is 3. The van der Waals surface area contributed by atoms with Gasteiger partial charge in [0.15, 0.2) is 0 Å². The largest absolute Gasteiger partial charge is 0.493 e. The number of nitrogens with one attached hydrogen (secondary N) is 1. The van der Waals surface area contributed by atoms with Crippen LogP contribution in [0.15, 0.2) is 12.1 Å². The molecule has 25 heavy (non-hydrogen) atoms. The van der Waals surface area contributed by atoms with Gasteiger partial charge in [-0.15, -0.1) is 12.4 Å². The minimum atomic E-state index is 0. The van der Waals surface area contributed by atoms with Crippen LogP contribution in [0.1, 0.15) is 48.8 Å². The van der Waals surface area contributed by atoms with Gasteiger partial charge in [0.1, 0.15) is 5.75 Å². The van der Waals surface area contributed by atoms with Crippen LogP contribution in [0.2, 0.25) is 0 Å². The molecule has 1 aromatic rings. The molecule has 0 spiro atoms. The molecule has 2 fully saturated rings.